The van der Waals surface area contributed by atoms with E-state index in [2.05, 4.69) is 34.9 Å². The summed E-state index contributed by atoms with van der Waals surface area (Å²) in [7, 11) is 0. The second kappa shape index (κ2) is 5.47. The highest BCUT2D eigenvalue weighted by atomic mass is 79.9. The maximum atomic E-state index is 9.95. The number of hydrogen-bond acceptors (Lipinski definition) is 2. The maximum absolute atomic E-state index is 9.95. The molecule has 1 aromatic carbocycles. The Morgan fingerprint density at radius 1 is 1.37 bits per heavy atom. The van der Waals surface area contributed by atoms with E-state index in [0.29, 0.717) is 0 Å². The zero-order valence-electron chi connectivity index (χ0n) is 11.7. The fourth-order valence-corrected chi connectivity index (χ4v) is 2.85. The molecule has 1 aromatic heterocycles. The molecule has 0 aliphatic rings. The summed E-state index contributed by atoms with van der Waals surface area (Å²) >= 11 is 3.45. The Hall–Kier alpha value is -1.13. The molecule has 0 amide bonds. The average Bonchev–Trinajstić information content (AvgIpc) is 2.64. The summed E-state index contributed by atoms with van der Waals surface area (Å²) in [5.74, 6) is 0. The van der Waals surface area contributed by atoms with Crippen LogP contribution in [0.15, 0.2) is 22.7 Å². The third-order valence-electron chi connectivity index (χ3n) is 3.46. The molecule has 1 N–H and O–H groups in total. The van der Waals surface area contributed by atoms with Gasteiger partial charge in [0.05, 0.1) is 17.5 Å². The van der Waals surface area contributed by atoms with Gasteiger partial charge in [-0.15, -0.1) is 0 Å². The van der Waals surface area contributed by atoms with Gasteiger partial charge in [-0.3, -0.25) is 0 Å². The lowest BCUT2D eigenvalue weighted by molar-refractivity contribution is 0.199. The van der Waals surface area contributed by atoms with E-state index in [1.54, 1.807) is 6.92 Å². The van der Waals surface area contributed by atoms with Crippen molar-refractivity contribution in [3.63, 3.8) is 0 Å². The number of benzene rings is 1. The van der Waals surface area contributed by atoms with Gasteiger partial charge in [-0.25, -0.2) is 4.68 Å². The standard InChI is InChI=1S/C15H19BrN2O/c1-5-13-9(2)17-18(10(13)3)15-7-6-12(16)8-14(15)11(4)19/h6-8,11,19H,5H2,1-4H3. The van der Waals surface area contributed by atoms with Gasteiger partial charge in [0.2, 0.25) is 0 Å². The molecule has 0 spiro atoms. The van der Waals surface area contributed by atoms with Crippen LogP contribution in [-0.4, -0.2) is 14.9 Å². The van der Waals surface area contributed by atoms with Crippen LogP contribution in [0.4, 0.5) is 0 Å². The van der Waals surface area contributed by atoms with E-state index in [4.69, 9.17) is 0 Å². The number of nitrogens with zero attached hydrogens (tertiary/aromatic N) is 2. The lowest BCUT2D eigenvalue weighted by atomic mass is 10.1. The molecule has 0 radical (unpaired) electrons. The largest absolute Gasteiger partial charge is 0.389 e. The Kier molecular flexibility index (Phi) is 4.11. The lowest BCUT2D eigenvalue weighted by Crippen LogP contribution is -2.06. The predicted octanol–water partition coefficient (Wildman–Crippen LogP) is 3.87. The first-order valence-corrected chi connectivity index (χ1v) is 7.28. The van der Waals surface area contributed by atoms with E-state index in [1.165, 1.54) is 5.56 Å². The first kappa shape index (κ1) is 14.3. The van der Waals surface area contributed by atoms with E-state index in [1.807, 2.05) is 29.8 Å². The van der Waals surface area contributed by atoms with Crippen molar-refractivity contribution in [3.8, 4) is 5.69 Å². The van der Waals surface area contributed by atoms with Crippen molar-refractivity contribution in [2.24, 2.45) is 0 Å². The van der Waals surface area contributed by atoms with Gasteiger partial charge in [-0.05, 0) is 51.0 Å². The van der Waals surface area contributed by atoms with Crippen molar-refractivity contribution in [2.45, 2.75) is 40.2 Å². The smallest absolute Gasteiger partial charge is 0.0783 e. The van der Waals surface area contributed by atoms with E-state index in [-0.39, 0.29) is 0 Å². The quantitative estimate of drug-likeness (QED) is 0.931. The Morgan fingerprint density at radius 2 is 2.05 bits per heavy atom. The second-order valence-corrected chi connectivity index (χ2v) is 5.71. The van der Waals surface area contributed by atoms with Crippen LogP contribution in [0, 0.1) is 13.8 Å². The van der Waals surface area contributed by atoms with Crippen LogP contribution >= 0.6 is 15.9 Å². The van der Waals surface area contributed by atoms with Crippen LogP contribution in [0.2, 0.25) is 0 Å². The van der Waals surface area contributed by atoms with Gasteiger partial charge in [0.15, 0.2) is 0 Å². The number of aliphatic hydroxyl groups excluding tert-OH is 1. The molecule has 0 saturated heterocycles. The van der Waals surface area contributed by atoms with Crippen LogP contribution in [0.5, 0.6) is 0 Å². The zero-order valence-corrected chi connectivity index (χ0v) is 13.3. The summed E-state index contributed by atoms with van der Waals surface area (Å²) in [6, 6.07) is 5.91. The first-order chi connectivity index (χ1) is 8.95. The highest BCUT2D eigenvalue weighted by molar-refractivity contribution is 9.10. The van der Waals surface area contributed by atoms with Crippen molar-refractivity contribution in [3.05, 3.63) is 45.2 Å². The number of aryl methyl sites for hydroxylation is 1. The third kappa shape index (κ3) is 2.60. The monoisotopic (exact) mass is 322 g/mol. The maximum Gasteiger partial charge on any atom is 0.0783 e. The van der Waals surface area contributed by atoms with Crippen LogP contribution in [0.25, 0.3) is 5.69 Å². The highest BCUT2D eigenvalue weighted by Gasteiger charge is 2.16. The molecule has 0 fully saturated rings. The summed E-state index contributed by atoms with van der Waals surface area (Å²) in [6.45, 7) is 8.02. The molecule has 2 rings (SSSR count). The van der Waals surface area contributed by atoms with E-state index < -0.39 is 6.10 Å². The van der Waals surface area contributed by atoms with Crippen molar-refractivity contribution in [1.82, 2.24) is 9.78 Å². The number of rotatable bonds is 3. The molecule has 2 aromatic rings. The van der Waals surface area contributed by atoms with Crippen molar-refractivity contribution in [1.29, 1.82) is 0 Å². The minimum Gasteiger partial charge on any atom is -0.389 e. The molecule has 0 aliphatic heterocycles. The van der Waals surface area contributed by atoms with Crippen LogP contribution < -0.4 is 0 Å². The molecule has 1 unspecified atom stereocenters. The Bertz CT molecular complexity index is 602. The summed E-state index contributed by atoms with van der Waals surface area (Å²) in [6.07, 6.45) is 0.444. The summed E-state index contributed by atoms with van der Waals surface area (Å²) in [4.78, 5) is 0. The van der Waals surface area contributed by atoms with Crippen molar-refractivity contribution in [2.75, 3.05) is 0 Å². The van der Waals surface area contributed by atoms with E-state index in [0.717, 1.165) is 33.5 Å². The molecule has 0 aliphatic carbocycles. The van der Waals surface area contributed by atoms with Gasteiger partial charge in [0.1, 0.15) is 0 Å². The molecular weight excluding hydrogens is 304 g/mol. The Labute approximate surface area is 122 Å². The van der Waals surface area contributed by atoms with Gasteiger partial charge >= 0.3 is 0 Å². The topological polar surface area (TPSA) is 38.0 Å². The summed E-state index contributed by atoms with van der Waals surface area (Å²) in [5.41, 5.74) is 5.30. The molecule has 1 atom stereocenters. The molecule has 19 heavy (non-hydrogen) atoms. The molecule has 3 nitrogen and oxygen atoms in total. The summed E-state index contributed by atoms with van der Waals surface area (Å²) in [5, 5.41) is 14.6. The summed E-state index contributed by atoms with van der Waals surface area (Å²) < 4.78 is 2.90. The first-order valence-electron chi connectivity index (χ1n) is 6.48. The van der Waals surface area contributed by atoms with E-state index >= 15 is 0 Å². The van der Waals surface area contributed by atoms with Gasteiger partial charge in [-0.2, -0.15) is 5.10 Å². The van der Waals surface area contributed by atoms with E-state index in [9.17, 15) is 5.11 Å². The Balaban J connectivity index is 2.65. The fraction of sp³-hybridized carbons (Fsp3) is 0.400. The number of halogens is 1. The van der Waals surface area contributed by atoms with Gasteiger partial charge < -0.3 is 5.11 Å². The fourth-order valence-electron chi connectivity index (χ4n) is 2.47. The third-order valence-corrected chi connectivity index (χ3v) is 3.96. The molecule has 0 saturated carbocycles. The molecule has 1 heterocycles. The van der Waals surface area contributed by atoms with Gasteiger partial charge in [0.25, 0.3) is 0 Å². The minimum absolute atomic E-state index is 0.526. The van der Waals surface area contributed by atoms with Crippen LogP contribution in [0.3, 0.4) is 0 Å². The zero-order chi connectivity index (χ0) is 14.2. The lowest BCUT2D eigenvalue weighted by Gasteiger charge is -2.14. The number of hydrogen-bond donors (Lipinski definition) is 1. The van der Waals surface area contributed by atoms with Crippen molar-refractivity contribution >= 4 is 15.9 Å². The minimum atomic E-state index is -0.526. The molecule has 102 valence electrons. The molecular formula is C15H19BrN2O. The Morgan fingerprint density at radius 3 is 2.58 bits per heavy atom. The van der Waals surface area contributed by atoms with Gasteiger partial charge in [-0.1, -0.05) is 22.9 Å². The van der Waals surface area contributed by atoms with Crippen LogP contribution in [-0.2, 0) is 6.42 Å². The van der Waals surface area contributed by atoms with Gasteiger partial charge in [0, 0.05) is 15.7 Å². The highest BCUT2D eigenvalue weighted by Crippen LogP contribution is 2.27. The normalized spacial score (nSPS) is 12.7. The number of aliphatic hydroxyl groups is 1. The molecule has 0 bridgehead atoms. The predicted molar refractivity (Wildman–Crippen MR) is 80.7 cm³/mol. The van der Waals surface area contributed by atoms with Crippen molar-refractivity contribution < 1.29 is 5.11 Å². The number of aromatic nitrogens is 2. The SMILES string of the molecule is CCc1c(C)nn(-c2ccc(Br)cc2C(C)O)c1C. The average molecular weight is 323 g/mol. The second-order valence-electron chi connectivity index (χ2n) is 4.79. The molecule has 4 heteroatoms. The van der Waals surface area contributed by atoms with Crippen LogP contribution in [0.1, 0.15) is 42.5 Å².